The zero-order chi connectivity index (χ0) is 75.4. The van der Waals surface area contributed by atoms with Crippen molar-refractivity contribution in [1.82, 2.24) is 0 Å². The molecule has 0 radical (unpaired) electrons. The summed E-state index contributed by atoms with van der Waals surface area (Å²) in [5.74, 6) is -0.861. The lowest BCUT2D eigenvalue weighted by atomic mass is 10.0. The van der Waals surface area contributed by atoms with Crippen molar-refractivity contribution < 1.29 is 42.1 Å². The lowest BCUT2D eigenvalue weighted by Crippen LogP contribution is -2.37. The fourth-order valence-corrected chi connectivity index (χ4v) is 11.5. The summed E-state index contributed by atoms with van der Waals surface area (Å²) in [5.41, 5.74) is 0. The van der Waals surface area contributed by atoms with Crippen LogP contribution in [0.4, 0.5) is 0 Å². The lowest BCUT2D eigenvalue weighted by Gasteiger charge is -2.28. The number of ether oxygens (including phenoxy) is 2. The van der Waals surface area contributed by atoms with Crippen molar-refractivity contribution in [1.29, 1.82) is 0 Å². The second-order valence-electron chi connectivity index (χ2n) is 28.0. The van der Waals surface area contributed by atoms with Crippen LogP contribution in [0.15, 0.2) is 219 Å². The van der Waals surface area contributed by atoms with Crippen LogP contribution >= 0.6 is 7.82 Å². The molecule has 0 aromatic heterocycles. The first-order valence-corrected chi connectivity index (χ1v) is 42.9. The first kappa shape index (κ1) is 98.3. The molecular weight excluding hydrogens is 1300 g/mol. The summed E-state index contributed by atoms with van der Waals surface area (Å²) < 4.78 is 34.4. The third-order valence-corrected chi connectivity index (χ3v) is 18.0. The molecule has 0 spiro atoms. The summed E-state index contributed by atoms with van der Waals surface area (Å²) in [5, 5.41) is 0. The monoisotopic (exact) mass is 1450 g/mol. The SMILES string of the molecule is CC/C=C\C/C=C\C/C=C\C/C=C\C/C=C\C/C=C\C/C=C\C/C=C\C/C=C\C/C=C\C/C=C\CCCCCCCC(=O)OC(COC(=O)CCCCCCCCCCCCCCCCCCCCC/C=C\C/C=C\C/C=C\C/C=C\C/C=C\C/C=C\C/C=C\CC)COP(=O)([O-])OCC[N+](C)(C)C. The number of allylic oxidation sites excluding steroid dienone is 36. The van der Waals surface area contributed by atoms with Gasteiger partial charge in [0.15, 0.2) is 6.10 Å². The second-order valence-corrected chi connectivity index (χ2v) is 29.4. The van der Waals surface area contributed by atoms with Gasteiger partial charge < -0.3 is 27.9 Å². The van der Waals surface area contributed by atoms with E-state index in [2.05, 4.69) is 233 Å². The highest BCUT2D eigenvalue weighted by molar-refractivity contribution is 7.45. The van der Waals surface area contributed by atoms with Crippen molar-refractivity contribution in [2.45, 2.75) is 315 Å². The van der Waals surface area contributed by atoms with E-state index in [1.54, 1.807) is 0 Å². The topological polar surface area (TPSA) is 111 Å². The molecule has 9 nitrogen and oxygen atoms in total. The van der Waals surface area contributed by atoms with Crippen LogP contribution in [0.5, 0.6) is 0 Å². The van der Waals surface area contributed by atoms with Crippen LogP contribution in [0.1, 0.15) is 309 Å². The van der Waals surface area contributed by atoms with E-state index in [-0.39, 0.29) is 26.1 Å². The number of hydrogen-bond acceptors (Lipinski definition) is 8. The molecule has 0 aliphatic rings. The van der Waals surface area contributed by atoms with E-state index in [0.29, 0.717) is 17.4 Å². The molecule has 0 N–H and O–H groups in total. The molecule has 0 bridgehead atoms. The molecule has 0 aliphatic heterocycles. The normalized spacial score (nSPS) is 14.2. The van der Waals surface area contributed by atoms with Crippen molar-refractivity contribution in [3.05, 3.63) is 219 Å². The first-order valence-electron chi connectivity index (χ1n) is 41.4. The van der Waals surface area contributed by atoms with Gasteiger partial charge in [-0.1, -0.05) is 361 Å². The van der Waals surface area contributed by atoms with Crippen molar-refractivity contribution in [3.63, 3.8) is 0 Å². The number of unbranched alkanes of at least 4 members (excludes halogenated alkanes) is 24. The zero-order valence-electron chi connectivity index (χ0n) is 66.9. The van der Waals surface area contributed by atoms with E-state index in [9.17, 15) is 19.0 Å². The van der Waals surface area contributed by atoms with Crippen LogP contribution in [-0.4, -0.2) is 70.0 Å². The highest BCUT2D eigenvalue weighted by Gasteiger charge is 2.22. The van der Waals surface area contributed by atoms with Crippen LogP contribution in [-0.2, 0) is 32.7 Å². The van der Waals surface area contributed by atoms with Gasteiger partial charge in [-0.15, -0.1) is 0 Å². The van der Waals surface area contributed by atoms with E-state index in [1.807, 2.05) is 21.1 Å². The quantitative estimate of drug-likeness (QED) is 0.0195. The highest BCUT2D eigenvalue weighted by Crippen LogP contribution is 2.38. The van der Waals surface area contributed by atoms with Gasteiger partial charge in [-0.3, -0.25) is 14.2 Å². The molecular formula is C94H152NO8P. The van der Waals surface area contributed by atoms with Gasteiger partial charge in [-0.05, 0) is 154 Å². The fraction of sp³-hybridized carbons (Fsp3) is 0.596. The number of phosphoric ester groups is 1. The third kappa shape index (κ3) is 85.3. The van der Waals surface area contributed by atoms with Gasteiger partial charge in [0.25, 0.3) is 7.82 Å². The average molecular weight is 1460 g/mol. The Bertz CT molecular complexity index is 2570. The van der Waals surface area contributed by atoms with Crippen molar-refractivity contribution in [2.24, 2.45) is 0 Å². The standard InChI is InChI=1S/C94H152NO8P/c1-6-8-10-12-14-16-18-20-22-24-26-28-30-32-34-36-38-40-42-44-46-47-49-50-52-54-56-58-60-62-64-66-68-70-72-74-76-78-80-82-84-86-93(96)100-90-92(91-102-104(98,99)101-89-88-95(3,4)5)103-94(97)87-85-83-81-79-77-75-73-71-69-67-65-63-61-59-57-55-53-51-48-45-43-41-39-37-35-33-31-29-27-25-23-21-19-17-15-13-11-9-7-2/h8-11,14-17,20-23,26-29,32-35,38-41,44-46,48,53,55,59,61,65,67,71,73,92H,6-7,12-13,18-19,24-25,30-31,36-37,42-43,47,49-52,54,56-58,60,62-64,66,68-70,72,74-91H2,1-5H3/b10-8-,11-9-,16-14-,17-15-,22-20-,23-21-,28-26-,29-27-,34-32-,35-33-,40-38-,41-39-,46-44-,48-45-,55-53-,61-59-,67-65-,73-71-. The van der Waals surface area contributed by atoms with E-state index in [1.165, 1.54) is 109 Å². The van der Waals surface area contributed by atoms with E-state index < -0.39 is 32.5 Å². The Balaban J connectivity index is 4.06. The number of nitrogens with zero attached hydrogens (tertiary/aromatic N) is 1. The molecule has 2 atom stereocenters. The number of esters is 2. The van der Waals surface area contributed by atoms with Gasteiger partial charge in [-0.25, -0.2) is 0 Å². The zero-order valence-corrected chi connectivity index (χ0v) is 67.8. The van der Waals surface area contributed by atoms with E-state index in [4.69, 9.17) is 18.5 Å². The van der Waals surface area contributed by atoms with Crippen LogP contribution < -0.4 is 4.89 Å². The van der Waals surface area contributed by atoms with E-state index >= 15 is 0 Å². The largest absolute Gasteiger partial charge is 0.756 e. The number of quaternary nitrogens is 1. The Morgan fingerprint density at radius 1 is 0.298 bits per heavy atom. The molecule has 10 heteroatoms. The average Bonchev–Trinajstić information content (AvgIpc) is 0.915. The lowest BCUT2D eigenvalue weighted by molar-refractivity contribution is -0.870. The molecule has 2 unspecified atom stereocenters. The summed E-state index contributed by atoms with van der Waals surface area (Å²) in [7, 11) is 1.13. The summed E-state index contributed by atoms with van der Waals surface area (Å²) in [6, 6.07) is 0. The smallest absolute Gasteiger partial charge is 0.306 e. The molecule has 0 fully saturated rings. The fourth-order valence-electron chi connectivity index (χ4n) is 10.8. The van der Waals surface area contributed by atoms with Gasteiger partial charge >= 0.3 is 11.9 Å². The van der Waals surface area contributed by atoms with Gasteiger partial charge in [0.05, 0.1) is 27.7 Å². The molecule has 0 heterocycles. The molecule has 0 amide bonds. The van der Waals surface area contributed by atoms with Gasteiger partial charge in [0.2, 0.25) is 0 Å². The van der Waals surface area contributed by atoms with Crippen molar-refractivity contribution >= 4 is 19.8 Å². The molecule has 0 aromatic rings. The molecule has 0 aromatic carbocycles. The number of likely N-dealkylation sites (N-methyl/N-ethyl adjacent to an activating group) is 1. The molecule has 0 saturated heterocycles. The van der Waals surface area contributed by atoms with Gasteiger partial charge in [0.1, 0.15) is 19.8 Å². The number of carbonyl (C=O) groups is 2. The molecule has 586 valence electrons. The maximum atomic E-state index is 12.9. The minimum Gasteiger partial charge on any atom is -0.756 e. The minimum atomic E-state index is -4.67. The summed E-state index contributed by atoms with van der Waals surface area (Å²) >= 11 is 0. The Morgan fingerprint density at radius 2 is 0.519 bits per heavy atom. The van der Waals surface area contributed by atoms with Crippen LogP contribution in [0.3, 0.4) is 0 Å². The molecule has 0 rings (SSSR count). The summed E-state index contributed by atoms with van der Waals surface area (Å²) in [6.45, 7) is 3.98. The van der Waals surface area contributed by atoms with Crippen molar-refractivity contribution in [2.75, 3.05) is 47.5 Å². The first-order chi connectivity index (χ1) is 51.0. The maximum absolute atomic E-state index is 12.9. The van der Waals surface area contributed by atoms with E-state index in [0.717, 1.165) is 167 Å². The highest BCUT2D eigenvalue weighted by atomic mass is 31.2. The third-order valence-electron chi connectivity index (χ3n) is 17.0. The Kier molecular flexibility index (Phi) is 77.0. The Labute approximate surface area is 639 Å². The molecule has 104 heavy (non-hydrogen) atoms. The maximum Gasteiger partial charge on any atom is 0.306 e. The van der Waals surface area contributed by atoms with Crippen LogP contribution in [0, 0.1) is 0 Å². The molecule has 0 aliphatic carbocycles. The van der Waals surface area contributed by atoms with Gasteiger partial charge in [0, 0.05) is 12.8 Å². The molecule has 0 saturated carbocycles. The number of carbonyl (C=O) groups excluding carboxylic acids is 2. The number of rotatable bonds is 74. The predicted octanol–water partition coefficient (Wildman–Crippen LogP) is 27.6. The summed E-state index contributed by atoms with van der Waals surface area (Å²) in [4.78, 5) is 38.2. The Morgan fingerprint density at radius 3 is 0.769 bits per heavy atom. The number of hydrogen-bond donors (Lipinski definition) is 0. The van der Waals surface area contributed by atoms with Crippen LogP contribution in [0.25, 0.3) is 0 Å². The van der Waals surface area contributed by atoms with Crippen LogP contribution in [0.2, 0.25) is 0 Å². The second kappa shape index (κ2) is 81.4. The summed E-state index contributed by atoms with van der Waals surface area (Å²) in [6.07, 6.45) is 129. The van der Waals surface area contributed by atoms with Crippen molar-refractivity contribution in [3.8, 4) is 0 Å². The van der Waals surface area contributed by atoms with Gasteiger partial charge in [-0.2, -0.15) is 0 Å². The number of phosphoric acid groups is 1. The minimum absolute atomic E-state index is 0.0443. The predicted molar refractivity (Wildman–Crippen MR) is 451 cm³/mol. The Hall–Kier alpha value is -5.67.